The van der Waals surface area contributed by atoms with E-state index in [-0.39, 0.29) is 18.5 Å². The van der Waals surface area contributed by atoms with Crippen LogP contribution >= 0.6 is 0 Å². The average molecular weight is 344 g/mol. The van der Waals surface area contributed by atoms with Crippen molar-refractivity contribution in [2.75, 3.05) is 6.54 Å². The van der Waals surface area contributed by atoms with Crippen molar-refractivity contribution in [1.29, 1.82) is 0 Å². The van der Waals surface area contributed by atoms with Crippen molar-refractivity contribution in [3.63, 3.8) is 0 Å². The zero-order valence-corrected chi connectivity index (χ0v) is 14.8. The normalized spacial score (nSPS) is 18.5. The summed E-state index contributed by atoms with van der Waals surface area (Å²) >= 11 is 0. The van der Waals surface area contributed by atoms with Crippen molar-refractivity contribution < 1.29 is 14.2 Å². The molecule has 0 saturated carbocycles. The number of hydrogen-bond donors (Lipinski definition) is 1. The van der Waals surface area contributed by atoms with Crippen LogP contribution in [0.25, 0.3) is 0 Å². The second kappa shape index (κ2) is 7.50. The number of nitrogens with zero attached hydrogens (tertiary/aromatic N) is 2. The fourth-order valence-corrected chi connectivity index (χ4v) is 3.41. The predicted octanol–water partition coefficient (Wildman–Crippen LogP) is 3.54. The first-order valence-electron chi connectivity index (χ1n) is 8.71. The van der Waals surface area contributed by atoms with Crippen molar-refractivity contribution in [1.82, 2.24) is 9.88 Å². The van der Waals surface area contributed by atoms with Gasteiger partial charge in [-0.15, -0.1) is 0 Å². The Morgan fingerprint density at radius 2 is 2.08 bits per heavy atom. The Labute approximate surface area is 148 Å². The van der Waals surface area contributed by atoms with Gasteiger partial charge in [-0.1, -0.05) is 24.3 Å². The Morgan fingerprint density at radius 3 is 2.76 bits per heavy atom. The summed E-state index contributed by atoms with van der Waals surface area (Å²) in [5, 5.41) is 10.3. The summed E-state index contributed by atoms with van der Waals surface area (Å²) in [6.07, 6.45) is 3.91. The smallest absolute Gasteiger partial charge is 0.213 e. The number of aromatic nitrogens is 1. The molecular formula is C20H25FN2O2. The van der Waals surface area contributed by atoms with Gasteiger partial charge in [-0.05, 0) is 44.9 Å². The van der Waals surface area contributed by atoms with Gasteiger partial charge in [-0.3, -0.25) is 4.90 Å². The number of likely N-dealkylation sites (tertiary alicyclic amines) is 1. The van der Waals surface area contributed by atoms with E-state index in [9.17, 15) is 9.50 Å². The lowest BCUT2D eigenvalue weighted by Crippen LogP contribution is -2.45. The van der Waals surface area contributed by atoms with E-state index in [0.29, 0.717) is 11.4 Å². The molecule has 1 saturated heterocycles. The summed E-state index contributed by atoms with van der Waals surface area (Å²) in [4.78, 5) is 6.62. The summed E-state index contributed by atoms with van der Waals surface area (Å²) in [6.45, 7) is 5.64. The highest BCUT2D eigenvalue weighted by molar-refractivity contribution is 5.20. The van der Waals surface area contributed by atoms with Crippen LogP contribution in [0.15, 0.2) is 42.6 Å². The van der Waals surface area contributed by atoms with Crippen LogP contribution in [-0.4, -0.2) is 33.2 Å². The third-order valence-electron chi connectivity index (χ3n) is 4.70. The van der Waals surface area contributed by atoms with E-state index >= 15 is 0 Å². The first-order valence-corrected chi connectivity index (χ1v) is 8.71. The van der Waals surface area contributed by atoms with Crippen LogP contribution in [0, 0.1) is 5.82 Å². The monoisotopic (exact) mass is 344 g/mol. The van der Waals surface area contributed by atoms with Gasteiger partial charge in [0, 0.05) is 30.4 Å². The van der Waals surface area contributed by atoms with Gasteiger partial charge in [-0.2, -0.15) is 0 Å². The molecule has 2 aromatic rings. The third-order valence-corrected chi connectivity index (χ3v) is 4.70. The lowest BCUT2D eigenvalue weighted by Gasteiger charge is -2.33. The molecule has 0 aliphatic carbocycles. The van der Waals surface area contributed by atoms with Crippen LogP contribution in [0.4, 0.5) is 4.39 Å². The molecule has 1 atom stereocenters. The maximum atomic E-state index is 13.6. The Balaban J connectivity index is 1.58. The minimum absolute atomic E-state index is 0.159. The van der Waals surface area contributed by atoms with Crippen LogP contribution in [-0.2, 0) is 13.2 Å². The molecular weight excluding hydrogens is 319 g/mol. The minimum Gasteiger partial charge on any atom is -0.473 e. The Kier molecular flexibility index (Phi) is 5.35. The van der Waals surface area contributed by atoms with Crippen molar-refractivity contribution >= 4 is 0 Å². The Bertz CT molecular complexity index is 698. The van der Waals surface area contributed by atoms with Crippen molar-refractivity contribution in [3.8, 4) is 5.88 Å². The quantitative estimate of drug-likeness (QED) is 0.871. The fraction of sp³-hybridized carbons (Fsp3) is 0.450. The zero-order chi connectivity index (χ0) is 17.9. The van der Waals surface area contributed by atoms with Crippen molar-refractivity contribution in [2.24, 2.45) is 0 Å². The molecule has 3 rings (SSSR count). The average Bonchev–Trinajstić information content (AvgIpc) is 3.04. The van der Waals surface area contributed by atoms with Crippen LogP contribution in [0.3, 0.4) is 0 Å². The molecule has 0 radical (unpaired) electrons. The molecule has 1 aromatic carbocycles. The lowest BCUT2D eigenvalue weighted by molar-refractivity contribution is -0.00505. The largest absolute Gasteiger partial charge is 0.473 e. The van der Waals surface area contributed by atoms with Gasteiger partial charge in [0.15, 0.2) is 0 Å². The zero-order valence-electron chi connectivity index (χ0n) is 14.8. The second-order valence-corrected chi connectivity index (χ2v) is 7.17. The van der Waals surface area contributed by atoms with Crippen LogP contribution in [0.5, 0.6) is 5.88 Å². The number of aliphatic hydroxyl groups is 1. The maximum Gasteiger partial charge on any atom is 0.213 e. The van der Waals surface area contributed by atoms with Gasteiger partial charge in [0.05, 0.1) is 5.60 Å². The molecule has 134 valence electrons. The number of rotatable bonds is 6. The number of benzene rings is 1. The van der Waals surface area contributed by atoms with E-state index in [4.69, 9.17) is 4.74 Å². The molecule has 1 aliphatic rings. The van der Waals surface area contributed by atoms with E-state index in [2.05, 4.69) is 9.88 Å². The molecule has 5 heteroatoms. The summed E-state index contributed by atoms with van der Waals surface area (Å²) in [7, 11) is 0. The van der Waals surface area contributed by atoms with Crippen molar-refractivity contribution in [3.05, 3.63) is 59.5 Å². The molecule has 1 fully saturated rings. The highest BCUT2D eigenvalue weighted by Crippen LogP contribution is 2.28. The Hall–Kier alpha value is -1.98. The van der Waals surface area contributed by atoms with Gasteiger partial charge in [0.25, 0.3) is 0 Å². The fourth-order valence-electron chi connectivity index (χ4n) is 3.41. The molecule has 2 heterocycles. The summed E-state index contributed by atoms with van der Waals surface area (Å²) in [5.74, 6) is 0.207. The molecule has 1 unspecified atom stereocenters. The van der Waals surface area contributed by atoms with Crippen LogP contribution in [0.1, 0.15) is 37.8 Å². The van der Waals surface area contributed by atoms with E-state index in [1.54, 1.807) is 24.4 Å². The third kappa shape index (κ3) is 4.55. The predicted molar refractivity (Wildman–Crippen MR) is 94.7 cm³/mol. The maximum absolute atomic E-state index is 13.6. The van der Waals surface area contributed by atoms with Gasteiger partial charge in [0.2, 0.25) is 5.88 Å². The number of hydrogen-bond acceptors (Lipinski definition) is 4. The molecule has 4 nitrogen and oxygen atoms in total. The molecule has 0 bridgehead atoms. The van der Waals surface area contributed by atoms with Crippen LogP contribution in [0.2, 0.25) is 0 Å². The van der Waals surface area contributed by atoms with E-state index in [1.807, 2.05) is 26.0 Å². The Morgan fingerprint density at radius 1 is 1.28 bits per heavy atom. The SMILES string of the molecule is CC(C)(O)C1CCCN1Cc1ccc(OCc2ccccc2F)nc1. The topological polar surface area (TPSA) is 45.6 Å². The number of halogens is 1. The molecule has 1 aliphatic heterocycles. The number of pyridine rings is 1. The van der Waals surface area contributed by atoms with Gasteiger partial charge < -0.3 is 9.84 Å². The van der Waals surface area contributed by atoms with Gasteiger partial charge >= 0.3 is 0 Å². The minimum atomic E-state index is -0.702. The second-order valence-electron chi connectivity index (χ2n) is 7.17. The van der Waals surface area contributed by atoms with E-state index < -0.39 is 5.60 Å². The highest BCUT2D eigenvalue weighted by Gasteiger charge is 2.35. The van der Waals surface area contributed by atoms with Gasteiger partial charge in [0.1, 0.15) is 12.4 Å². The summed E-state index contributed by atoms with van der Waals surface area (Å²) in [6, 6.07) is 10.5. The number of ether oxygens (including phenoxy) is 1. The lowest BCUT2D eigenvalue weighted by atomic mass is 9.96. The van der Waals surface area contributed by atoms with E-state index in [0.717, 1.165) is 31.5 Å². The first-order chi connectivity index (χ1) is 11.9. The molecule has 25 heavy (non-hydrogen) atoms. The molecule has 1 aromatic heterocycles. The van der Waals surface area contributed by atoms with E-state index in [1.165, 1.54) is 6.07 Å². The summed E-state index contributed by atoms with van der Waals surface area (Å²) in [5.41, 5.74) is 0.889. The molecule has 1 N–H and O–H groups in total. The standard InChI is InChI=1S/C20H25FN2O2/c1-20(2,24)18-8-5-11-23(18)13-15-9-10-19(22-12-15)25-14-16-6-3-4-7-17(16)21/h3-4,6-7,9-10,12,18,24H,5,8,11,13-14H2,1-2H3. The van der Waals surface area contributed by atoms with Crippen LogP contribution < -0.4 is 4.74 Å². The van der Waals surface area contributed by atoms with Gasteiger partial charge in [-0.25, -0.2) is 9.37 Å². The highest BCUT2D eigenvalue weighted by atomic mass is 19.1. The molecule has 0 amide bonds. The first kappa shape index (κ1) is 17.8. The van der Waals surface area contributed by atoms with Crippen molar-refractivity contribution in [2.45, 2.75) is 51.5 Å². The summed E-state index contributed by atoms with van der Waals surface area (Å²) < 4.78 is 19.2. The molecule has 0 spiro atoms.